The van der Waals surface area contributed by atoms with Gasteiger partial charge in [-0.25, -0.2) is 4.98 Å². The third-order valence-electron chi connectivity index (χ3n) is 7.23. The molecular formula is C32H32ClN4O5P. The van der Waals surface area contributed by atoms with Gasteiger partial charge in [-0.2, -0.15) is 4.98 Å². The number of fused-ring (bicyclic) bond motifs is 1. The molecule has 0 radical (unpaired) electrons. The molecule has 1 amide bonds. The molecule has 1 N–H and O–H groups in total. The number of aromatic nitrogens is 3. The first-order valence-corrected chi connectivity index (χ1v) is 16.4. The molecule has 3 heterocycles. The summed E-state index contributed by atoms with van der Waals surface area (Å²) in [5.41, 5.74) is 4.79. The Morgan fingerprint density at radius 2 is 1.74 bits per heavy atom. The first-order chi connectivity index (χ1) is 20.7. The quantitative estimate of drug-likeness (QED) is 0.166. The number of nitrogens with one attached hydrogen (secondary N) is 1. The van der Waals surface area contributed by atoms with E-state index >= 15 is 0 Å². The van der Waals surface area contributed by atoms with Crippen molar-refractivity contribution in [2.45, 2.75) is 57.9 Å². The summed E-state index contributed by atoms with van der Waals surface area (Å²) in [4.78, 5) is 22.0. The number of para-hydroxylation sites is 2. The van der Waals surface area contributed by atoms with E-state index in [0.717, 1.165) is 28.6 Å². The second-order valence-electron chi connectivity index (χ2n) is 10.8. The molecule has 0 saturated carbocycles. The molecule has 11 heteroatoms. The van der Waals surface area contributed by atoms with E-state index in [0.29, 0.717) is 47.4 Å². The van der Waals surface area contributed by atoms with Crippen LogP contribution in [0.4, 0.5) is 5.69 Å². The second-order valence-corrected chi connectivity index (χ2v) is 13.2. The summed E-state index contributed by atoms with van der Waals surface area (Å²) in [6, 6.07) is 22.9. The number of benzene rings is 3. The Labute approximate surface area is 254 Å². The number of imidazole rings is 1. The van der Waals surface area contributed by atoms with Crippen LogP contribution >= 0.6 is 19.2 Å². The van der Waals surface area contributed by atoms with Crippen LogP contribution in [0.25, 0.3) is 28.3 Å². The topological polar surface area (TPSA) is 108 Å². The van der Waals surface area contributed by atoms with E-state index in [4.69, 9.17) is 30.0 Å². The Kier molecular flexibility index (Phi) is 8.50. The number of anilines is 1. The lowest BCUT2D eigenvalue weighted by atomic mass is 10.1. The summed E-state index contributed by atoms with van der Waals surface area (Å²) in [6.45, 7) is 3.82. The summed E-state index contributed by atoms with van der Waals surface area (Å²) in [5, 5.41) is 3.57. The summed E-state index contributed by atoms with van der Waals surface area (Å²) < 4.78 is 32.4. The smallest absolute Gasteiger partial charge is 0.335 e. The Morgan fingerprint density at radius 3 is 2.49 bits per heavy atom. The highest BCUT2D eigenvalue weighted by Gasteiger charge is 2.35. The number of hydrogen-bond acceptors (Lipinski definition) is 7. The van der Waals surface area contributed by atoms with Gasteiger partial charge in [-0.15, -0.1) is 0 Å². The number of carbonyl (C=O) groups excluding carboxylic acids is 1. The minimum absolute atomic E-state index is 0.107. The van der Waals surface area contributed by atoms with E-state index < -0.39 is 7.60 Å². The number of oxazole rings is 1. The van der Waals surface area contributed by atoms with Crippen molar-refractivity contribution in [3.05, 3.63) is 95.5 Å². The fourth-order valence-corrected chi connectivity index (χ4v) is 7.56. The van der Waals surface area contributed by atoms with Crippen molar-refractivity contribution in [3.63, 3.8) is 0 Å². The molecule has 1 saturated heterocycles. The molecule has 2 unspecified atom stereocenters. The maximum Gasteiger partial charge on any atom is 0.335 e. The second kappa shape index (κ2) is 12.5. The Hall–Kier alpha value is -3.75. The normalized spacial score (nSPS) is 20.3. The van der Waals surface area contributed by atoms with Crippen molar-refractivity contribution in [2.75, 3.05) is 5.32 Å². The SMILES string of the molecule is CC1CC(C)OP(=O)(Cc2ccc(NC(=O)CCCc3oc(-n4cnc5ccccc54)nc3-c3ccc(Cl)cc3)cc2)O1. The van der Waals surface area contributed by atoms with E-state index in [2.05, 4.69) is 10.3 Å². The maximum atomic E-state index is 13.0. The fraction of sp³-hybridized carbons (Fsp3) is 0.281. The summed E-state index contributed by atoms with van der Waals surface area (Å²) in [7, 11) is -3.20. The van der Waals surface area contributed by atoms with E-state index in [-0.39, 0.29) is 24.3 Å². The van der Waals surface area contributed by atoms with Gasteiger partial charge in [-0.3, -0.25) is 13.9 Å². The number of nitrogens with zero attached hydrogens (tertiary/aromatic N) is 3. The molecule has 1 fully saturated rings. The molecular weight excluding hydrogens is 587 g/mol. The minimum Gasteiger partial charge on any atom is -0.427 e. The lowest BCUT2D eigenvalue weighted by molar-refractivity contribution is -0.116. The largest absolute Gasteiger partial charge is 0.427 e. The summed E-state index contributed by atoms with van der Waals surface area (Å²) >= 11 is 6.12. The number of rotatable bonds is 9. The number of halogens is 1. The molecule has 2 atom stereocenters. The Morgan fingerprint density at radius 1 is 1.02 bits per heavy atom. The first-order valence-electron chi connectivity index (χ1n) is 14.3. The molecule has 3 aromatic carbocycles. The van der Waals surface area contributed by atoms with Gasteiger partial charge >= 0.3 is 13.6 Å². The van der Waals surface area contributed by atoms with Crippen LogP contribution in [-0.2, 0) is 31.0 Å². The first kappa shape index (κ1) is 29.3. The van der Waals surface area contributed by atoms with Crippen LogP contribution in [0.15, 0.2) is 83.5 Å². The minimum atomic E-state index is -3.20. The molecule has 0 bridgehead atoms. The number of amides is 1. The molecule has 0 aliphatic carbocycles. The number of hydrogen-bond donors (Lipinski definition) is 1. The van der Waals surface area contributed by atoms with E-state index in [1.807, 2.05) is 79.1 Å². The average molecular weight is 619 g/mol. The molecule has 222 valence electrons. The molecule has 9 nitrogen and oxygen atoms in total. The van der Waals surface area contributed by atoms with Gasteiger partial charge < -0.3 is 18.8 Å². The van der Waals surface area contributed by atoms with Crippen LogP contribution in [0, 0.1) is 0 Å². The van der Waals surface area contributed by atoms with Gasteiger partial charge in [-0.1, -0.05) is 48.0 Å². The fourth-order valence-electron chi connectivity index (χ4n) is 5.31. The zero-order chi connectivity index (χ0) is 30.0. The third kappa shape index (κ3) is 6.92. The predicted molar refractivity (Wildman–Crippen MR) is 167 cm³/mol. The van der Waals surface area contributed by atoms with Crippen molar-refractivity contribution in [3.8, 4) is 17.3 Å². The average Bonchev–Trinajstić information content (AvgIpc) is 3.58. The van der Waals surface area contributed by atoms with E-state index in [1.165, 1.54) is 0 Å². The Bertz CT molecular complexity index is 1770. The van der Waals surface area contributed by atoms with Crippen LogP contribution in [0.1, 0.15) is 44.4 Å². The van der Waals surface area contributed by atoms with Gasteiger partial charge in [0.25, 0.3) is 0 Å². The zero-order valence-electron chi connectivity index (χ0n) is 23.9. The zero-order valence-corrected chi connectivity index (χ0v) is 25.6. The Balaban J connectivity index is 1.10. The van der Waals surface area contributed by atoms with Gasteiger partial charge in [0.05, 0.1) is 29.4 Å². The lowest BCUT2D eigenvalue weighted by Crippen LogP contribution is -2.24. The van der Waals surface area contributed by atoms with Gasteiger partial charge in [-0.05, 0) is 62.2 Å². The highest BCUT2D eigenvalue weighted by molar-refractivity contribution is 7.53. The van der Waals surface area contributed by atoms with Crippen LogP contribution in [0.2, 0.25) is 5.02 Å². The predicted octanol–water partition coefficient (Wildman–Crippen LogP) is 8.20. The van der Waals surface area contributed by atoms with Crippen molar-refractivity contribution >= 4 is 41.8 Å². The van der Waals surface area contributed by atoms with Gasteiger partial charge in [0, 0.05) is 35.5 Å². The molecule has 43 heavy (non-hydrogen) atoms. The number of aryl methyl sites for hydroxylation is 1. The van der Waals surface area contributed by atoms with Crippen LogP contribution in [-0.4, -0.2) is 32.7 Å². The molecule has 1 aliphatic heterocycles. The van der Waals surface area contributed by atoms with Crippen molar-refractivity contribution in [2.24, 2.45) is 0 Å². The van der Waals surface area contributed by atoms with Gasteiger partial charge in [0.1, 0.15) is 17.8 Å². The standard InChI is InChI=1S/C32H32ClN4O5P/c1-21-18-22(2)42-43(39,41-21)19-23-10-16-26(17-11-23)35-30(38)9-5-8-29-31(24-12-14-25(33)15-13-24)36-32(40-29)37-20-34-27-6-3-4-7-28(27)37/h3-4,6-7,10-17,20-22H,5,8-9,18-19H2,1-2H3,(H,35,38). The van der Waals surface area contributed by atoms with Crippen LogP contribution < -0.4 is 5.32 Å². The highest BCUT2D eigenvalue weighted by Crippen LogP contribution is 2.56. The monoisotopic (exact) mass is 618 g/mol. The molecule has 1 aliphatic rings. The van der Waals surface area contributed by atoms with E-state index in [1.54, 1.807) is 18.5 Å². The van der Waals surface area contributed by atoms with Crippen LogP contribution in [0.3, 0.4) is 0 Å². The van der Waals surface area contributed by atoms with Crippen molar-refractivity contribution < 1.29 is 22.8 Å². The van der Waals surface area contributed by atoms with Gasteiger partial charge in [0.15, 0.2) is 0 Å². The third-order valence-corrected chi connectivity index (χ3v) is 9.60. The van der Waals surface area contributed by atoms with Gasteiger partial charge in [0.2, 0.25) is 5.91 Å². The van der Waals surface area contributed by atoms with Crippen molar-refractivity contribution in [1.82, 2.24) is 14.5 Å². The molecule has 6 rings (SSSR count). The number of carbonyl (C=O) groups is 1. The highest BCUT2D eigenvalue weighted by atomic mass is 35.5. The van der Waals surface area contributed by atoms with Crippen LogP contribution in [0.5, 0.6) is 0 Å². The molecule has 5 aromatic rings. The van der Waals surface area contributed by atoms with Crippen molar-refractivity contribution in [1.29, 1.82) is 0 Å². The molecule has 0 spiro atoms. The summed E-state index contributed by atoms with van der Waals surface area (Å²) in [6.07, 6.45) is 3.75. The summed E-state index contributed by atoms with van der Waals surface area (Å²) in [5.74, 6) is 0.563. The maximum absolute atomic E-state index is 13.0. The van der Waals surface area contributed by atoms with E-state index in [9.17, 15) is 9.36 Å². The lowest BCUT2D eigenvalue weighted by Gasteiger charge is -2.32. The molecule has 2 aromatic heterocycles.